The lowest BCUT2D eigenvalue weighted by Crippen LogP contribution is -2.22. The van der Waals surface area contributed by atoms with Crippen LogP contribution in [0.2, 0.25) is 5.02 Å². The molecule has 0 unspecified atom stereocenters. The second kappa shape index (κ2) is 8.23. The van der Waals surface area contributed by atoms with Crippen LogP contribution in [0.3, 0.4) is 0 Å². The summed E-state index contributed by atoms with van der Waals surface area (Å²) in [5, 5.41) is 24.4. The van der Waals surface area contributed by atoms with Gasteiger partial charge in [-0.15, -0.1) is 0 Å². The molecule has 1 N–H and O–H groups in total. The first kappa shape index (κ1) is 19.8. The highest BCUT2D eigenvalue weighted by Crippen LogP contribution is 2.27. The first-order valence-corrected chi connectivity index (χ1v) is 7.73. The Morgan fingerprint density at radius 3 is 2.41 bits per heavy atom. The van der Waals surface area contributed by atoms with Gasteiger partial charge in [0.25, 0.3) is 17.3 Å². The maximum atomic E-state index is 12.0. The van der Waals surface area contributed by atoms with Gasteiger partial charge in [-0.3, -0.25) is 25.0 Å². The third-order valence-corrected chi connectivity index (χ3v) is 3.66. The number of rotatable bonds is 6. The molecule has 0 heterocycles. The van der Waals surface area contributed by atoms with E-state index in [1.54, 1.807) is 13.0 Å². The number of nitro benzene ring substituents is 2. The molecule has 1 amide bonds. The molecule has 0 aliphatic rings. The Hall–Kier alpha value is -3.53. The summed E-state index contributed by atoms with van der Waals surface area (Å²) < 4.78 is 4.76. The van der Waals surface area contributed by atoms with Crippen molar-refractivity contribution >= 4 is 40.5 Å². The largest absolute Gasteiger partial charge is 0.452 e. The van der Waals surface area contributed by atoms with E-state index < -0.39 is 39.6 Å². The molecular formula is C16H12ClN3O7. The smallest absolute Gasteiger partial charge is 0.345 e. The van der Waals surface area contributed by atoms with Crippen molar-refractivity contribution in [2.75, 3.05) is 11.9 Å². The minimum atomic E-state index is -1.13. The average Bonchev–Trinajstić information content (AvgIpc) is 2.60. The van der Waals surface area contributed by atoms with E-state index in [-0.39, 0.29) is 16.4 Å². The molecule has 140 valence electrons. The maximum Gasteiger partial charge on any atom is 0.345 e. The molecule has 0 bridgehead atoms. The van der Waals surface area contributed by atoms with E-state index in [2.05, 4.69) is 5.32 Å². The van der Waals surface area contributed by atoms with E-state index >= 15 is 0 Å². The molecule has 11 heteroatoms. The van der Waals surface area contributed by atoms with Crippen molar-refractivity contribution in [2.45, 2.75) is 6.92 Å². The quantitative estimate of drug-likeness (QED) is 0.450. The number of hydrogen-bond acceptors (Lipinski definition) is 7. The number of benzene rings is 2. The summed E-state index contributed by atoms with van der Waals surface area (Å²) >= 11 is 5.73. The Labute approximate surface area is 157 Å². The normalized spacial score (nSPS) is 10.1. The summed E-state index contributed by atoms with van der Waals surface area (Å²) in [7, 11) is 0. The van der Waals surface area contributed by atoms with Crippen LogP contribution in [0.1, 0.15) is 15.9 Å². The van der Waals surface area contributed by atoms with Crippen LogP contribution in [0.25, 0.3) is 0 Å². The Morgan fingerprint density at radius 1 is 1.11 bits per heavy atom. The van der Waals surface area contributed by atoms with E-state index in [9.17, 15) is 29.8 Å². The Balaban J connectivity index is 2.11. The minimum absolute atomic E-state index is 0.0303. The van der Waals surface area contributed by atoms with Gasteiger partial charge in [0.2, 0.25) is 0 Å². The third kappa shape index (κ3) is 4.76. The zero-order valence-electron chi connectivity index (χ0n) is 13.8. The van der Waals surface area contributed by atoms with E-state index in [1.165, 1.54) is 18.2 Å². The number of para-hydroxylation sites is 1. The fraction of sp³-hybridized carbons (Fsp3) is 0.125. The molecule has 10 nitrogen and oxygen atoms in total. The Morgan fingerprint density at radius 2 is 1.78 bits per heavy atom. The van der Waals surface area contributed by atoms with Crippen molar-refractivity contribution in [3.8, 4) is 0 Å². The highest BCUT2D eigenvalue weighted by molar-refractivity contribution is 6.31. The number of nitrogens with zero attached hydrogens (tertiary/aromatic N) is 2. The molecule has 0 saturated carbocycles. The van der Waals surface area contributed by atoms with Crippen LogP contribution in [0.5, 0.6) is 0 Å². The van der Waals surface area contributed by atoms with E-state index in [0.717, 1.165) is 12.1 Å². The van der Waals surface area contributed by atoms with Gasteiger partial charge in [-0.25, -0.2) is 4.79 Å². The standard InChI is InChI=1S/C16H12ClN3O7/c1-9-3-2-4-13(20(25)26)15(9)18-14(21)8-27-16(22)11-7-10(17)5-6-12(11)19(23)24/h2-7H,8H2,1H3,(H,18,21). The van der Waals surface area contributed by atoms with Crippen molar-refractivity contribution in [3.05, 3.63) is 72.8 Å². The van der Waals surface area contributed by atoms with Gasteiger partial charge in [-0.1, -0.05) is 23.7 Å². The van der Waals surface area contributed by atoms with Crippen molar-refractivity contribution in [1.82, 2.24) is 0 Å². The Kier molecular flexibility index (Phi) is 6.03. The van der Waals surface area contributed by atoms with Crippen molar-refractivity contribution in [2.24, 2.45) is 0 Å². The molecule has 0 aromatic heterocycles. The van der Waals surface area contributed by atoms with Gasteiger partial charge in [0.05, 0.1) is 9.85 Å². The molecule has 2 aromatic carbocycles. The fourth-order valence-electron chi connectivity index (χ4n) is 2.18. The predicted molar refractivity (Wildman–Crippen MR) is 94.9 cm³/mol. The number of hydrogen-bond donors (Lipinski definition) is 1. The first-order valence-electron chi connectivity index (χ1n) is 7.35. The van der Waals surface area contributed by atoms with Gasteiger partial charge >= 0.3 is 5.97 Å². The fourth-order valence-corrected chi connectivity index (χ4v) is 2.35. The topological polar surface area (TPSA) is 142 Å². The lowest BCUT2D eigenvalue weighted by atomic mass is 10.1. The van der Waals surface area contributed by atoms with Gasteiger partial charge in [0.1, 0.15) is 11.3 Å². The van der Waals surface area contributed by atoms with Crippen LogP contribution in [0.15, 0.2) is 36.4 Å². The van der Waals surface area contributed by atoms with Gasteiger partial charge in [-0.05, 0) is 24.6 Å². The summed E-state index contributed by atoms with van der Waals surface area (Å²) in [5.74, 6) is -1.97. The number of nitro groups is 2. The van der Waals surface area contributed by atoms with Crippen LogP contribution in [0, 0.1) is 27.2 Å². The van der Waals surface area contributed by atoms with Crippen LogP contribution in [0.4, 0.5) is 17.1 Å². The summed E-state index contributed by atoms with van der Waals surface area (Å²) in [5.41, 5.74) is -0.853. The zero-order chi connectivity index (χ0) is 20.1. The number of carbonyl (C=O) groups excluding carboxylic acids is 2. The van der Waals surface area contributed by atoms with Gasteiger partial charge in [-0.2, -0.15) is 0 Å². The molecule has 0 aliphatic carbocycles. The zero-order valence-corrected chi connectivity index (χ0v) is 14.6. The lowest BCUT2D eigenvalue weighted by molar-refractivity contribution is -0.385. The molecule has 0 spiro atoms. The highest BCUT2D eigenvalue weighted by Gasteiger charge is 2.23. The van der Waals surface area contributed by atoms with Gasteiger partial charge < -0.3 is 10.1 Å². The summed E-state index contributed by atoms with van der Waals surface area (Å²) in [4.78, 5) is 44.6. The lowest BCUT2D eigenvalue weighted by Gasteiger charge is -2.09. The van der Waals surface area contributed by atoms with Gasteiger partial charge in [0, 0.05) is 17.2 Å². The molecule has 2 rings (SSSR count). The number of ether oxygens (including phenoxy) is 1. The summed E-state index contributed by atoms with van der Waals surface area (Å²) in [6.07, 6.45) is 0. The second-order valence-corrected chi connectivity index (χ2v) is 5.71. The second-order valence-electron chi connectivity index (χ2n) is 5.27. The van der Waals surface area contributed by atoms with Crippen molar-refractivity contribution in [3.63, 3.8) is 0 Å². The first-order chi connectivity index (χ1) is 12.7. The number of anilines is 1. The molecule has 0 saturated heterocycles. The number of halogens is 1. The monoisotopic (exact) mass is 393 g/mol. The van der Waals surface area contributed by atoms with Crippen molar-refractivity contribution in [1.29, 1.82) is 0 Å². The molecular weight excluding hydrogens is 382 g/mol. The molecule has 0 atom stereocenters. The molecule has 0 radical (unpaired) electrons. The SMILES string of the molecule is Cc1cccc([N+](=O)[O-])c1NC(=O)COC(=O)c1cc(Cl)ccc1[N+](=O)[O-]. The molecule has 2 aromatic rings. The number of amides is 1. The number of carbonyl (C=O) groups is 2. The number of aryl methyl sites for hydroxylation is 1. The predicted octanol–water partition coefficient (Wildman–Crippen LogP) is 3.26. The maximum absolute atomic E-state index is 12.0. The minimum Gasteiger partial charge on any atom is -0.452 e. The molecule has 0 aliphatic heterocycles. The molecule has 0 fully saturated rings. The third-order valence-electron chi connectivity index (χ3n) is 3.42. The summed E-state index contributed by atoms with van der Waals surface area (Å²) in [6.45, 7) is 0.762. The van der Waals surface area contributed by atoms with Crippen LogP contribution < -0.4 is 5.32 Å². The Bertz CT molecular complexity index is 946. The van der Waals surface area contributed by atoms with E-state index in [1.807, 2.05) is 0 Å². The number of esters is 1. The van der Waals surface area contributed by atoms with Gasteiger partial charge in [0.15, 0.2) is 6.61 Å². The summed E-state index contributed by atoms with van der Waals surface area (Å²) in [6, 6.07) is 7.55. The average molecular weight is 394 g/mol. The van der Waals surface area contributed by atoms with E-state index in [0.29, 0.717) is 5.56 Å². The number of nitrogens with one attached hydrogen (secondary N) is 1. The van der Waals surface area contributed by atoms with E-state index in [4.69, 9.17) is 16.3 Å². The molecule has 27 heavy (non-hydrogen) atoms. The van der Waals surface area contributed by atoms with Crippen LogP contribution >= 0.6 is 11.6 Å². The van der Waals surface area contributed by atoms with Crippen LogP contribution in [-0.4, -0.2) is 28.3 Å². The van der Waals surface area contributed by atoms with Crippen LogP contribution in [-0.2, 0) is 9.53 Å². The van der Waals surface area contributed by atoms with Crippen molar-refractivity contribution < 1.29 is 24.2 Å². The highest BCUT2D eigenvalue weighted by atomic mass is 35.5.